The Morgan fingerprint density at radius 2 is 2.21 bits per heavy atom. The van der Waals surface area contributed by atoms with E-state index < -0.39 is 0 Å². The van der Waals surface area contributed by atoms with E-state index in [-0.39, 0.29) is 4.45 Å². The van der Waals surface area contributed by atoms with E-state index >= 15 is 0 Å². The lowest BCUT2D eigenvalue weighted by Gasteiger charge is -2.01. The third kappa shape index (κ3) is 0.686. The number of nitrogens with zero attached hydrogens (tertiary/aromatic N) is 1. The summed E-state index contributed by atoms with van der Waals surface area (Å²) in [5.41, 5.74) is 4.12. The summed E-state index contributed by atoms with van der Waals surface area (Å²) in [5, 5.41) is 1.37. The Morgan fingerprint density at radius 3 is 3.14 bits per heavy atom. The normalized spacial score (nSPS) is 33.1. The van der Waals surface area contributed by atoms with E-state index in [9.17, 15) is 0 Å². The first kappa shape index (κ1) is 7.49. The smallest absolute Gasteiger partial charge is 0.118 e. The van der Waals surface area contributed by atoms with Crippen LogP contribution >= 0.6 is 15.9 Å². The highest BCUT2D eigenvalue weighted by Gasteiger charge is 2.58. The van der Waals surface area contributed by atoms with Crippen LogP contribution in [-0.4, -0.2) is 16.4 Å². The van der Waals surface area contributed by atoms with Crippen molar-refractivity contribution in [1.82, 2.24) is 9.88 Å². The van der Waals surface area contributed by atoms with Crippen molar-refractivity contribution in [2.75, 3.05) is 6.54 Å². The number of rotatable bonds is 0. The molecule has 0 aliphatic carbocycles. The average molecular weight is 249 g/mol. The fourth-order valence-electron chi connectivity index (χ4n) is 2.58. The zero-order valence-electron chi connectivity index (χ0n) is 7.55. The van der Waals surface area contributed by atoms with Crippen LogP contribution in [-0.2, 0) is 11.0 Å². The molecule has 0 saturated carbocycles. The first-order chi connectivity index (χ1) is 6.79. The molecule has 4 rings (SSSR count). The minimum Gasteiger partial charge on any atom is -0.357 e. The Labute approximate surface area is 90.0 Å². The number of halogens is 1. The van der Waals surface area contributed by atoms with Gasteiger partial charge < -0.3 is 4.98 Å². The summed E-state index contributed by atoms with van der Waals surface area (Å²) < 4.78 is 0.169. The van der Waals surface area contributed by atoms with Crippen molar-refractivity contribution in [3.63, 3.8) is 0 Å². The molecule has 1 aromatic carbocycles. The van der Waals surface area contributed by atoms with Crippen LogP contribution in [0.25, 0.3) is 10.9 Å². The molecule has 0 spiro atoms. The number of benzene rings is 1. The Kier molecular flexibility index (Phi) is 1.11. The first-order valence-corrected chi connectivity index (χ1v) is 5.62. The number of fused-ring (bicyclic) bond motifs is 5. The van der Waals surface area contributed by atoms with Crippen LogP contribution in [0.4, 0.5) is 0 Å². The number of H-pyrrole nitrogens is 1. The molecule has 0 bridgehead atoms. The minimum absolute atomic E-state index is 0.169. The predicted octanol–water partition coefficient (Wildman–Crippen LogP) is 2.54. The molecule has 1 saturated heterocycles. The van der Waals surface area contributed by atoms with E-state index in [4.69, 9.17) is 0 Å². The van der Waals surface area contributed by atoms with Gasteiger partial charge in [-0.3, -0.25) is 4.90 Å². The summed E-state index contributed by atoms with van der Waals surface area (Å²) >= 11 is 3.82. The lowest BCUT2D eigenvalue weighted by atomic mass is 10.1. The molecule has 0 amide bonds. The molecule has 1 aromatic heterocycles. The molecule has 3 heteroatoms. The molecule has 2 aromatic rings. The number of nitrogens with one attached hydrogen (secondary N) is 1. The third-order valence-electron chi connectivity index (χ3n) is 3.31. The number of aromatic amines is 1. The van der Waals surface area contributed by atoms with Crippen LogP contribution in [0.3, 0.4) is 0 Å². The topological polar surface area (TPSA) is 18.8 Å². The van der Waals surface area contributed by atoms with E-state index in [0.29, 0.717) is 0 Å². The van der Waals surface area contributed by atoms with Crippen molar-refractivity contribution < 1.29 is 0 Å². The molecule has 2 aliphatic heterocycles. The number of para-hydroxylation sites is 1. The van der Waals surface area contributed by atoms with Crippen molar-refractivity contribution in [2.45, 2.75) is 11.0 Å². The summed E-state index contributed by atoms with van der Waals surface area (Å²) in [7, 11) is 0. The molecular weight excluding hydrogens is 240 g/mol. The summed E-state index contributed by atoms with van der Waals surface area (Å²) in [6.45, 7) is 2.22. The average Bonchev–Trinajstić information content (AvgIpc) is 2.58. The maximum Gasteiger partial charge on any atom is 0.118 e. The molecule has 2 atom stereocenters. The van der Waals surface area contributed by atoms with Crippen LogP contribution in [0, 0.1) is 0 Å². The predicted molar refractivity (Wildman–Crippen MR) is 59.3 cm³/mol. The lowest BCUT2D eigenvalue weighted by molar-refractivity contribution is 0.529. The summed E-state index contributed by atoms with van der Waals surface area (Å²) in [4.78, 5) is 5.92. The van der Waals surface area contributed by atoms with Crippen molar-refractivity contribution in [2.24, 2.45) is 0 Å². The fourth-order valence-corrected chi connectivity index (χ4v) is 3.46. The van der Waals surface area contributed by atoms with Crippen molar-refractivity contribution in [3.8, 4) is 0 Å². The summed E-state index contributed by atoms with van der Waals surface area (Å²) in [6, 6.07) is 8.55. The zero-order chi connectivity index (χ0) is 9.34. The molecule has 0 radical (unpaired) electrons. The molecule has 3 heterocycles. The van der Waals surface area contributed by atoms with Gasteiger partial charge in [-0.1, -0.05) is 34.1 Å². The quantitative estimate of drug-likeness (QED) is 0.432. The molecule has 2 nitrogen and oxygen atoms in total. The Hall–Kier alpha value is -0.800. The van der Waals surface area contributed by atoms with E-state index in [2.05, 4.69) is 50.1 Å². The van der Waals surface area contributed by atoms with Crippen LogP contribution in [0.2, 0.25) is 0 Å². The third-order valence-corrected chi connectivity index (χ3v) is 4.46. The van der Waals surface area contributed by atoms with E-state index in [1.54, 1.807) is 0 Å². The molecule has 1 N–H and O–H groups in total. The van der Waals surface area contributed by atoms with E-state index in [1.807, 2.05) is 0 Å². The second kappa shape index (κ2) is 2.07. The lowest BCUT2D eigenvalue weighted by Crippen LogP contribution is -1.97. The largest absolute Gasteiger partial charge is 0.357 e. The van der Waals surface area contributed by atoms with Crippen LogP contribution in [0.5, 0.6) is 0 Å². The van der Waals surface area contributed by atoms with Gasteiger partial charge in [0, 0.05) is 35.2 Å². The van der Waals surface area contributed by atoms with Gasteiger partial charge in [-0.25, -0.2) is 0 Å². The van der Waals surface area contributed by atoms with Crippen LogP contribution < -0.4 is 0 Å². The first-order valence-electron chi connectivity index (χ1n) is 4.83. The Bertz CT molecular complexity index is 545. The number of hydrogen-bond donors (Lipinski definition) is 1. The van der Waals surface area contributed by atoms with E-state index in [1.165, 1.54) is 22.2 Å². The van der Waals surface area contributed by atoms with Gasteiger partial charge in [-0.2, -0.15) is 0 Å². The Morgan fingerprint density at radius 1 is 1.36 bits per heavy atom. The Balaban J connectivity index is 2.15. The number of alkyl halides is 1. The second-order valence-electron chi connectivity index (χ2n) is 4.14. The minimum atomic E-state index is 0.169. The number of aromatic nitrogens is 1. The van der Waals surface area contributed by atoms with Crippen molar-refractivity contribution >= 4 is 26.8 Å². The summed E-state index contributed by atoms with van der Waals surface area (Å²) in [6.07, 6.45) is 0. The fraction of sp³-hybridized carbons (Fsp3) is 0.273. The molecule has 1 fully saturated rings. The SMILES string of the molecule is BrC12CN1Cc1[nH]c3ccccc3c12. The molecule has 14 heavy (non-hydrogen) atoms. The van der Waals surface area contributed by atoms with Gasteiger partial charge in [0.05, 0.1) is 0 Å². The van der Waals surface area contributed by atoms with Gasteiger partial charge in [-0.05, 0) is 6.07 Å². The molecular formula is C11H9BrN2. The molecule has 2 aliphatic rings. The molecule has 2 unspecified atom stereocenters. The highest BCUT2D eigenvalue weighted by atomic mass is 79.9. The van der Waals surface area contributed by atoms with Gasteiger partial charge in [0.1, 0.15) is 4.45 Å². The van der Waals surface area contributed by atoms with Gasteiger partial charge in [0.15, 0.2) is 0 Å². The monoisotopic (exact) mass is 248 g/mol. The van der Waals surface area contributed by atoms with Gasteiger partial charge in [0.25, 0.3) is 0 Å². The molecule has 70 valence electrons. The van der Waals surface area contributed by atoms with E-state index in [0.717, 1.165) is 13.1 Å². The van der Waals surface area contributed by atoms with Gasteiger partial charge in [0.2, 0.25) is 0 Å². The zero-order valence-corrected chi connectivity index (χ0v) is 9.13. The maximum atomic E-state index is 3.82. The van der Waals surface area contributed by atoms with Gasteiger partial charge >= 0.3 is 0 Å². The number of hydrogen-bond acceptors (Lipinski definition) is 1. The van der Waals surface area contributed by atoms with Crippen molar-refractivity contribution in [3.05, 3.63) is 35.5 Å². The van der Waals surface area contributed by atoms with Gasteiger partial charge in [-0.15, -0.1) is 0 Å². The highest BCUT2D eigenvalue weighted by Crippen LogP contribution is 2.57. The van der Waals surface area contributed by atoms with Crippen molar-refractivity contribution in [1.29, 1.82) is 0 Å². The maximum absolute atomic E-state index is 3.82. The second-order valence-corrected chi connectivity index (χ2v) is 5.45. The standard InChI is InChI=1S/C11H9BrN2/c12-11-6-14(11)5-9-10(11)7-3-1-2-4-8(7)13-9/h1-4,13H,5-6H2. The highest BCUT2D eigenvalue weighted by molar-refractivity contribution is 9.09. The summed E-state index contributed by atoms with van der Waals surface area (Å²) in [5.74, 6) is 0. The van der Waals surface area contributed by atoms with Crippen LogP contribution in [0.15, 0.2) is 24.3 Å². The van der Waals surface area contributed by atoms with Crippen LogP contribution in [0.1, 0.15) is 11.3 Å².